The minimum absolute atomic E-state index is 0.107. The molecule has 5 heterocycles. The second-order valence-corrected chi connectivity index (χ2v) is 17.5. The molecule has 0 saturated carbocycles. The minimum atomic E-state index is -0.574. The van der Waals surface area contributed by atoms with Crippen LogP contribution in [0, 0.1) is 0 Å². The zero-order chi connectivity index (χ0) is 41.3. The molecule has 2 aromatic heterocycles. The van der Waals surface area contributed by atoms with E-state index in [9.17, 15) is 14.4 Å². The SMILES string of the molecule is Nc1ncnc2c1c(-c1ccc(Oc3ccccc3)cc1)nn2[C@@H]1CCCN(CCCCCCCCCCCCSc2cccc3c2CN(C2CCC(=O)NC2=O)C3=O)C1. The molecule has 2 saturated heterocycles. The zero-order valence-corrected chi connectivity index (χ0v) is 35.2. The number of unbranched alkanes of at least 4 members (excludes halogenated alkanes) is 9. The number of nitrogens with zero attached hydrogens (tertiary/aromatic N) is 6. The lowest BCUT2D eigenvalue weighted by Gasteiger charge is -2.33. The summed E-state index contributed by atoms with van der Waals surface area (Å²) in [4.78, 5) is 51.5. The molecule has 3 amide bonds. The zero-order valence-electron chi connectivity index (χ0n) is 34.4. The Morgan fingerprint density at radius 3 is 2.30 bits per heavy atom. The molecule has 2 atom stereocenters. The molecule has 0 bridgehead atoms. The first-order valence-corrected chi connectivity index (χ1v) is 22.9. The maximum absolute atomic E-state index is 13.1. The molecule has 3 aromatic carbocycles. The molecule has 12 nitrogen and oxygen atoms in total. The van der Waals surface area contributed by atoms with Gasteiger partial charge in [-0.25, -0.2) is 14.6 Å². The van der Waals surface area contributed by atoms with Crippen LogP contribution in [0.3, 0.4) is 0 Å². The second kappa shape index (κ2) is 19.9. The lowest BCUT2D eigenvalue weighted by atomic mass is 10.0. The summed E-state index contributed by atoms with van der Waals surface area (Å²) in [6, 6.07) is 23.3. The molecule has 2 fully saturated rings. The second-order valence-electron chi connectivity index (χ2n) is 16.4. The van der Waals surface area contributed by atoms with Crippen molar-refractivity contribution >= 4 is 46.3 Å². The van der Waals surface area contributed by atoms with Crippen LogP contribution in [0.25, 0.3) is 22.3 Å². The fourth-order valence-corrected chi connectivity index (χ4v) is 10.0. The topological polar surface area (TPSA) is 149 Å². The number of fused-ring (bicyclic) bond motifs is 2. The highest BCUT2D eigenvalue weighted by molar-refractivity contribution is 7.99. The third-order valence-electron chi connectivity index (χ3n) is 12.1. The Balaban J connectivity index is 0.710. The molecule has 60 heavy (non-hydrogen) atoms. The van der Waals surface area contributed by atoms with Crippen molar-refractivity contribution in [2.45, 2.75) is 113 Å². The first kappa shape index (κ1) is 41.5. The van der Waals surface area contributed by atoms with Crippen LogP contribution in [0.5, 0.6) is 11.5 Å². The predicted octanol–water partition coefficient (Wildman–Crippen LogP) is 8.96. The van der Waals surface area contributed by atoms with Crippen LogP contribution in [0.4, 0.5) is 5.82 Å². The van der Waals surface area contributed by atoms with Gasteiger partial charge in [0.05, 0.1) is 11.4 Å². The summed E-state index contributed by atoms with van der Waals surface area (Å²) in [7, 11) is 0. The number of piperidine rings is 2. The van der Waals surface area contributed by atoms with Gasteiger partial charge in [0.2, 0.25) is 11.8 Å². The highest BCUT2D eigenvalue weighted by Gasteiger charge is 2.40. The molecule has 13 heteroatoms. The van der Waals surface area contributed by atoms with Gasteiger partial charge in [-0.1, -0.05) is 75.6 Å². The summed E-state index contributed by atoms with van der Waals surface area (Å²) in [6.45, 7) is 3.63. The van der Waals surface area contributed by atoms with Crippen LogP contribution in [0.1, 0.15) is 112 Å². The van der Waals surface area contributed by atoms with E-state index in [0.717, 1.165) is 88.9 Å². The van der Waals surface area contributed by atoms with Crippen molar-refractivity contribution in [3.05, 3.63) is 90.3 Å². The summed E-state index contributed by atoms with van der Waals surface area (Å²) >= 11 is 1.81. The fourth-order valence-electron chi connectivity index (χ4n) is 8.92. The van der Waals surface area contributed by atoms with Gasteiger partial charge in [0, 0.05) is 35.5 Å². The average Bonchev–Trinajstić information content (AvgIpc) is 3.82. The third-order valence-corrected chi connectivity index (χ3v) is 13.3. The monoisotopic (exact) mass is 828 g/mol. The van der Waals surface area contributed by atoms with Gasteiger partial charge >= 0.3 is 0 Å². The van der Waals surface area contributed by atoms with Gasteiger partial charge in [-0.15, -0.1) is 11.8 Å². The van der Waals surface area contributed by atoms with Gasteiger partial charge < -0.3 is 20.3 Å². The number of carbonyl (C=O) groups excluding carboxylic acids is 3. The lowest BCUT2D eigenvalue weighted by Crippen LogP contribution is -2.52. The maximum atomic E-state index is 13.1. The molecule has 314 valence electrons. The standard InChI is InChI=1S/C47H56N8O4S/c48-44-42-43(33-21-23-36(24-22-33)59-35-17-10-9-11-18-35)52-55(45(42)50-32-49-44)34-16-15-28-53(30-34)27-12-7-5-3-1-2-4-6-8-13-29-60-40-20-14-19-37-38(40)31-54(47(37)58)39-25-26-41(56)51-46(39)57/h9-11,14,17-24,32,34,39H,1-8,12-13,15-16,25-31H2,(H2,48,49,50)(H,51,56,57)/t34-,39?/m1/s1. The van der Waals surface area contributed by atoms with Gasteiger partial charge in [-0.3, -0.25) is 19.7 Å². The number of nitrogen functional groups attached to an aromatic ring is 1. The number of benzene rings is 3. The van der Waals surface area contributed by atoms with Crippen molar-refractivity contribution < 1.29 is 19.1 Å². The number of ether oxygens (including phenoxy) is 1. The number of hydrogen-bond donors (Lipinski definition) is 2. The Labute approximate surface area is 356 Å². The number of hydrogen-bond acceptors (Lipinski definition) is 10. The number of carbonyl (C=O) groups is 3. The van der Waals surface area contributed by atoms with Crippen molar-refractivity contribution in [2.24, 2.45) is 0 Å². The van der Waals surface area contributed by atoms with Crippen molar-refractivity contribution in [3.8, 4) is 22.8 Å². The van der Waals surface area contributed by atoms with Crippen molar-refractivity contribution in [1.82, 2.24) is 34.9 Å². The van der Waals surface area contributed by atoms with Crippen molar-refractivity contribution in [2.75, 3.05) is 31.1 Å². The van der Waals surface area contributed by atoms with Crippen LogP contribution in [0.15, 0.2) is 84.0 Å². The Morgan fingerprint density at radius 2 is 1.53 bits per heavy atom. The maximum Gasteiger partial charge on any atom is 0.255 e. The highest BCUT2D eigenvalue weighted by atomic mass is 32.2. The van der Waals surface area contributed by atoms with Gasteiger partial charge in [0.15, 0.2) is 5.65 Å². The summed E-state index contributed by atoms with van der Waals surface area (Å²) in [6.07, 6.45) is 17.0. The highest BCUT2D eigenvalue weighted by Crippen LogP contribution is 2.36. The quantitative estimate of drug-likeness (QED) is 0.0470. The van der Waals surface area contributed by atoms with E-state index in [4.69, 9.17) is 15.6 Å². The number of likely N-dealkylation sites (tertiary alicyclic amines) is 1. The summed E-state index contributed by atoms with van der Waals surface area (Å²) < 4.78 is 8.11. The number of rotatable bonds is 19. The third kappa shape index (κ3) is 9.84. The molecule has 3 aliphatic rings. The van der Waals surface area contributed by atoms with E-state index >= 15 is 0 Å². The molecule has 0 spiro atoms. The molecule has 3 aliphatic heterocycles. The van der Waals surface area contributed by atoms with E-state index in [1.54, 1.807) is 11.2 Å². The normalized spacial score (nSPS) is 18.3. The number of para-hydroxylation sites is 1. The first-order chi connectivity index (χ1) is 29.4. The van der Waals surface area contributed by atoms with Crippen LogP contribution < -0.4 is 15.8 Å². The lowest BCUT2D eigenvalue weighted by molar-refractivity contribution is -0.136. The van der Waals surface area contributed by atoms with E-state index in [1.165, 1.54) is 57.8 Å². The minimum Gasteiger partial charge on any atom is -0.457 e. The van der Waals surface area contributed by atoms with E-state index in [0.29, 0.717) is 24.3 Å². The number of thioether (sulfide) groups is 1. The summed E-state index contributed by atoms with van der Waals surface area (Å²) in [5.74, 6) is 2.29. The summed E-state index contributed by atoms with van der Waals surface area (Å²) in [5.41, 5.74) is 10.7. The molecule has 8 rings (SSSR count). The van der Waals surface area contributed by atoms with Crippen molar-refractivity contribution in [1.29, 1.82) is 0 Å². The van der Waals surface area contributed by atoms with Crippen LogP contribution in [0.2, 0.25) is 0 Å². The number of amides is 3. The number of nitrogens with one attached hydrogen (secondary N) is 1. The molecule has 0 radical (unpaired) electrons. The molecular formula is C47H56N8O4S. The predicted molar refractivity (Wildman–Crippen MR) is 236 cm³/mol. The van der Waals surface area contributed by atoms with Gasteiger partial charge in [0.1, 0.15) is 35.4 Å². The largest absolute Gasteiger partial charge is 0.457 e. The van der Waals surface area contributed by atoms with Crippen LogP contribution >= 0.6 is 11.8 Å². The fraction of sp³-hybridized carbons (Fsp3) is 0.447. The van der Waals surface area contributed by atoms with Gasteiger partial charge in [0.25, 0.3) is 5.91 Å². The molecule has 1 unspecified atom stereocenters. The van der Waals surface area contributed by atoms with Crippen LogP contribution in [-0.2, 0) is 16.1 Å². The smallest absolute Gasteiger partial charge is 0.255 e. The average molecular weight is 829 g/mol. The number of anilines is 1. The number of imide groups is 1. The van der Waals surface area contributed by atoms with E-state index in [1.807, 2.05) is 78.5 Å². The Bertz CT molecular complexity index is 2270. The Kier molecular flexibility index (Phi) is 13.7. The Hall–Kier alpha value is -5.27. The molecular weight excluding hydrogens is 773 g/mol. The van der Waals surface area contributed by atoms with E-state index in [-0.39, 0.29) is 30.2 Å². The molecule has 3 N–H and O–H groups in total. The number of nitrogens with two attached hydrogens (primary N) is 1. The summed E-state index contributed by atoms with van der Waals surface area (Å²) in [5, 5.41) is 8.33. The van der Waals surface area contributed by atoms with Gasteiger partial charge in [-0.05, 0) is 105 Å². The van der Waals surface area contributed by atoms with E-state index in [2.05, 4.69) is 30.9 Å². The van der Waals surface area contributed by atoms with Crippen molar-refractivity contribution in [3.63, 3.8) is 0 Å². The van der Waals surface area contributed by atoms with Gasteiger partial charge in [-0.2, -0.15) is 5.10 Å². The molecule has 5 aromatic rings. The number of aromatic nitrogens is 4. The van der Waals surface area contributed by atoms with Crippen LogP contribution in [-0.4, -0.2) is 78.7 Å². The first-order valence-electron chi connectivity index (χ1n) is 21.9. The van der Waals surface area contributed by atoms with E-state index < -0.39 is 6.04 Å². The Morgan fingerprint density at radius 1 is 0.800 bits per heavy atom. The molecule has 0 aliphatic carbocycles.